The maximum Gasteiger partial charge on any atom is 0.237 e. The van der Waals surface area contributed by atoms with E-state index in [-0.39, 0.29) is 35.8 Å². The van der Waals surface area contributed by atoms with Crippen molar-refractivity contribution in [2.75, 3.05) is 13.1 Å². The number of amides is 2. The molecule has 1 aliphatic rings. The quantitative estimate of drug-likeness (QED) is 0.723. The van der Waals surface area contributed by atoms with Gasteiger partial charge in [-0.05, 0) is 40.2 Å². The second kappa shape index (κ2) is 8.38. The number of halogens is 1. The molecule has 2 amide bonds. The Kier molecular flexibility index (Phi) is 8.02. The van der Waals surface area contributed by atoms with E-state index in [9.17, 15) is 9.59 Å². The first kappa shape index (κ1) is 18.2. The topological polar surface area (TPSA) is 70.2 Å². The van der Waals surface area contributed by atoms with Gasteiger partial charge in [0.05, 0.1) is 6.04 Å². The molecule has 0 bridgehead atoms. The number of rotatable bonds is 4. The van der Waals surface area contributed by atoms with E-state index in [0.29, 0.717) is 13.0 Å². The SMILES string of the molecule is CC(C)(C)NC(=O)CCNC(=O)[C@@H]1CCCCN1.Cl. The highest BCUT2D eigenvalue weighted by Gasteiger charge is 2.20. The summed E-state index contributed by atoms with van der Waals surface area (Å²) in [6.07, 6.45) is 3.45. The van der Waals surface area contributed by atoms with Crippen molar-refractivity contribution < 1.29 is 9.59 Å². The van der Waals surface area contributed by atoms with Gasteiger partial charge in [0, 0.05) is 18.5 Å². The van der Waals surface area contributed by atoms with Gasteiger partial charge in [0.2, 0.25) is 11.8 Å². The van der Waals surface area contributed by atoms with Gasteiger partial charge in [-0.25, -0.2) is 0 Å². The molecule has 0 radical (unpaired) electrons. The van der Waals surface area contributed by atoms with Crippen molar-refractivity contribution in [1.29, 1.82) is 0 Å². The zero-order valence-electron chi connectivity index (χ0n) is 12.0. The molecule has 0 saturated carbocycles. The summed E-state index contributed by atoms with van der Waals surface area (Å²) in [6.45, 7) is 7.13. The summed E-state index contributed by atoms with van der Waals surface area (Å²) in [5.74, 6) is -0.0161. The van der Waals surface area contributed by atoms with E-state index >= 15 is 0 Å². The van der Waals surface area contributed by atoms with Crippen LogP contribution < -0.4 is 16.0 Å². The van der Waals surface area contributed by atoms with Crippen LogP contribution in [0, 0.1) is 0 Å². The van der Waals surface area contributed by atoms with Crippen LogP contribution >= 0.6 is 12.4 Å². The fourth-order valence-corrected chi connectivity index (χ4v) is 1.98. The summed E-state index contributed by atoms with van der Waals surface area (Å²) < 4.78 is 0. The van der Waals surface area contributed by atoms with Crippen LogP contribution in [0.2, 0.25) is 0 Å². The highest BCUT2D eigenvalue weighted by Crippen LogP contribution is 2.06. The lowest BCUT2D eigenvalue weighted by Crippen LogP contribution is -2.47. The first-order chi connectivity index (χ1) is 8.38. The summed E-state index contributed by atoms with van der Waals surface area (Å²) in [6, 6.07) is -0.0792. The number of piperidine rings is 1. The van der Waals surface area contributed by atoms with Crippen LogP contribution in [-0.4, -0.2) is 36.5 Å². The molecule has 1 aliphatic heterocycles. The van der Waals surface area contributed by atoms with Crippen molar-refractivity contribution in [2.24, 2.45) is 0 Å². The normalized spacial score (nSPS) is 19.2. The van der Waals surface area contributed by atoms with Crippen molar-refractivity contribution in [3.63, 3.8) is 0 Å². The largest absolute Gasteiger partial charge is 0.354 e. The summed E-state index contributed by atoms with van der Waals surface area (Å²) >= 11 is 0. The minimum absolute atomic E-state index is 0. The van der Waals surface area contributed by atoms with Crippen LogP contribution in [0.1, 0.15) is 46.5 Å². The maximum atomic E-state index is 11.8. The van der Waals surface area contributed by atoms with Gasteiger partial charge in [-0.15, -0.1) is 12.4 Å². The summed E-state index contributed by atoms with van der Waals surface area (Å²) in [4.78, 5) is 23.3. The lowest BCUT2D eigenvalue weighted by atomic mass is 10.0. The number of nitrogens with one attached hydrogen (secondary N) is 3. The monoisotopic (exact) mass is 291 g/mol. The molecule has 0 aromatic heterocycles. The van der Waals surface area contributed by atoms with Crippen LogP contribution in [-0.2, 0) is 9.59 Å². The number of hydrogen-bond donors (Lipinski definition) is 3. The van der Waals surface area contributed by atoms with E-state index in [0.717, 1.165) is 25.8 Å². The van der Waals surface area contributed by atoms with Crippen molar-refractivity contribution >= 4 is 24.2 Å². The van der Waals surface area contributed by atoms with Gasteiger partial charge in [-0.3, -0.25) is 9.59 Å². The van der Waals surface area contributed by atoms with Gasteiger partial charge >= 0.3 is 0 Å². The Bertz CT molecular complexity index is 297. The fraction of sp³-hybridized carbons (Fsp3) is 0.846. The van der Waals surface area contributed by atoms with Crippen molar-refractivity contribution in [1.82, 2.24) is 16.0 Å². The van der Waals surface area contributed by atoms with Crippen LogP contribution in [0.25, 0.3) is 0 Å². The smallest absolute Gasteiger partial charge is 0.237 e. The van der Waals surface area contributed by atoms with Gasteiger partial charge in [0.1, 0.15) is 0 Å². The molecule has 1 saturated heterocycles. The highest BCUT2D eigenvalue weighted by atomic mass is 35.5. The molecule has 0 aromatic rings. The molecule has 3 N–H and O–H groups in total. The van der Waals surface area contributed by atoms with E-state index in [1.165, 1.54) is 0 Å². The van der Waals surface area contributed by atoms with E-state index in [1.54, 1.807) is 0 Å². The van der Waals surface area contributed by atoms with Gasteiger partial charge in [-0.2, -0.15) is 0 Å². The maximum absolute atomic E-state index is 11.8. The zero-order chi connectivity index (χ0) is 13.6. The van der Waals surface area contributed by atoms with E-state index in [4.69, 9.17) is 0 Å². The molecule has 1 fully saturated rings. The Hall–Kier alpha value is -0.810. The van der Waals surface area contributed by atoms with Gasteiger partial charge in [0.25, 0.3) is 0 Å². The van der Waals surface area contributed by atoms with E-state index < -0.39 is 0 Å². The predicted molar refractivity (Wildman–Crippen MR) is 78.4 cm³/mol. The Labute approximate surface area is 121 Å². The third-order valence-corrected chi connectivity index (χ3v) is 2.79. The Balaban J connectivity index is 0.00000324. The second-order valence-corrected chi connectivity index (χ2v) is 5.84. The molecule has 0 spiro atoms. The van der Waals surface area contributed by atoms with Gasteiger partial charge < -0.3 is 16.0 Å². The molecule has 1 rings (SSSR count). The molecule has 0 aromatic carbocycles. The van der Waals surface area contributed by atoms with Gasteiger partial charge in [-0.1, -0.05) is 6.42 Å². The Morgan fingerprint density at radius 3 is 2.47 bits per heavy atom. The molecule has 0 unspecified atom stereocenters. The molecular formula is C13H26ClN3O2. The van der Waals surface area contributed by atoms with Crippen molar-refractivity contribution in [3.05, 3.63) is 0 Å². The molecule has 6 heteroatoms. The first-order valence-electron chi connectivity index (χ1n) is 6.70. The molecular weight excluding hydrogens is 266 g/mol. The number of carbonyl (C=O) groups excluding carboxylic acids is 2. The summed E-state index contributed by atoms with van der Waals surface area (Å²) in [7, 11) is 0. The third kappa shape index (κ3) is 8.06. The highest BCUT2D eigenvalue weighted by molar-refractivity contribution is 5.85. The number of hydrogen-bond acceptors (Lipinski definition) is 3. The molecule has 19 heavy (non-hydrogen) atoms. The van der Waals surface area contributed by atoms with Crippen molar-refractivity contribution in [2.45, 2.75) is 58.0 Å². The third-order valence-electron chi connectivity index (χ3n) is 2.79. The Morgan fingerprint density at radius 2 is 1.95 bits per heavy atom. The lowest BCUT2D eigenvalue weighted by Gasteiger charge is -2.23. The zero-order valence-corrected chi connectivity index (χ0v) is 12.9. The van der Waals surface area contributed by atoms with Gasteiger partial charge in [0.15, 0.2) is 0 Å². The predicted octanol–water partition coefficient (Wildman–Crippen LogP) is 0.971. The minimum atomic E-state index is -0.216. The van der Waals surface area contributed by atoms with Crippen LogP contribution in [0.5, 0.6) is 0 Å². The van der Waals surface area contributed by atoms with E-state index in [2.05, 4.69) is 16.0 Å². The second-order valence-electron chi connectivity index (χ2n) is 5.84. The summed E-state index contributed by atoms with van der Waals surface area (Å²) in [5, 5.41) is 8.86. The Morgan fingerprint density at radius 1 is 1.26 bits per heavy atom. The number of carbonyl (C=O) groups is 2. The molecule has 1 heterocycles. The fourth-order valence-electron chi connectivity index (χ4n) is 1.98. The minimum Gasteiger partial charge on any atom is -0.354 e. The van der Waals surface area contributed by atoms with E-state index in [1.807, 2.05) is 20.8 Å². The molecule has 0 aliphatic carbocycles. The van der Waals surface area contributed by atoms with Crippen molar-refractivity contribution in [3.8, 4) is 0 Å². The average Bonchev–Trinajstić information content (AvgIpc) is 2.27. The average molecular weight is 292 g/mol. The molecule has 1 atom stereocenters. The van der Waals surface area contributed by atoms with Crippen LogP contribution in [0.3, 0.4) is 0 Å². The molecule has 5 nitrogen and oxygen atoms in total. The van der Waals surface area contributed by atoms with Crippen LogP contribution in [0.15, 0.2) is 0 Å². The summed E-state index contributed by atoms with van der Waals surface area (Å²) in [5.41, 5.74) is -0.216. The standard InChI is InChI=1S/C13H25N3O2.ClH/c1-13(2,3)16-11(17)7-9-15-12(18)10-6-4-5-8-14-10;/h10,14H,4-9H2,1-3H3,(H,15,18)(H,16,17);1H/t10-;/m0./s1. The lowest BCUT2D eigenvalue weighted by molar-refractivity contribution is -0.124. The first-order valence-corrected chi connectivity index (χ1v) is 6.70. The molecule has 112 valence electrons. The van der Waals surface area contributed by atoms with Crippen LogP contribution in [0.4, 0.5) is 0 Å².